The average Bonchev–Trinajstić information content (AvgIpc) is 2.98. The van der Waals surface area contributed by atoms with E-state index >= 15 is 0 Å². The van der Waals surface area contributed by atoms with Gasteiger partial charge in [0.05, 0.1) is 0 Å². The third kappa shape index (κ3) is 2.69. The minimum absolute atomic E-state index is 0.450. The molecule has 0 N–H and O–H groups in total. The summed E-state index contributed by atoms with van der Waals surface area (Å²) in [7, 11) is 0. The zero-order valence-corrected chi connectivity index (χ0v) is 11.9. The summed E-state index contributed by atoms with van der Waals surface area (Å²) in [5, 5.41) is 4.66. The highest BCUT2D eigenvalue weighted by Crippen LogP contribution is 2.24. The third-order valence-corrected chi connectivity index (χ3v) is 3.42. The van der Waals surface area contributed by atoms with Crippen molar-refractivity contribution in [2.24, 2.45) is 0 Å². The van der Waals surface area contributed by atoms with Gasteiger partial charge in [0.15, 0.2) is 0 Å². The van der Waals surface area contributed by atoms with Crippen LogP contribution in [0.3, 0.4) is 0 Å². The second-order valence-electron chi connectivity index (χ2n) is 4.26. The van der Waals surface area contributed by atoms with Gasteiger partial charge in [-0.2, -0.15) is 4.98 Å². The molecule has 0 radical (unpaired) electrons. The van der Waals surface area contributed by atoms with Crippen molar-refractivity contribution in [3.8, 4) is 22.8 Å². The van der Waals surface area contributed by atoms with E-state index < -0.39 is 0 Å². The maximum atomic E-state index is 5.86. The quantitative estimate of drug-likeness (QED) is 0.653. The molecule has 0 saturated carbocycles. The van der Waals surface area contributed by atoms with Gasteiger partial charge in [-0.25, -0.2) is 0 Å². The molecule has 0 aliphatic carbocycles. The lowest BCUT2D eigenvalue weighted by Crippen LogP contribution is -1.83. The molecule has 2 aromatic carbocycles. The van der Waals surface area contributed by atoms with Gasteiger partial charge in [-0.05, 0) is 42.0 Å². The van der Waals surface area contributed by atoms with Crippen molar-refractivity contribution in [3.05, 3.63) is 59.1 Å². The molecule has 3 aromatic rings. The van der Waals surface area contributed by atoms with Gasteiger partial charge in [-0.15, -0.1) is 11.6 Å². The molecule has 0 atom stereocenters. The SMILES string of the molecule is ClCc1cccc(-c2nc(-c3ccc(Cl)cc3)no2)c1. The minimum atomic E-state index is 0.450. The summed E-state index contributed by atoms with van der Waals surface area (Å²) >= 11 is 11.7. The lowest BCUT2D eigenvalue weighted by Gasteiger charge is -1.97. The van der Waals surface area contributed by atoms with Crippen molar-refractivity contribution < 1.29 is 4.52 Å². The van der Waals surface area contributed by atoms with Crippen LogP contribution in [-0.4, -0.2) is 10.1 Å². The first-order chi connectivity index (χ1) is 9.76. The van der Waals surface area contributed by atoms with E-state index in [1.54, 1.807) is 12.1 Å². The number of rotatable bonds is 3. The zero-order valence-electron chi connectivity index (χ0n) is 10.4. The molecule has 0 amide bonds. The Kier molecular flexibility index (Phi) is 3.72. The smallest absolute Gasteiger partial charge is 0.258 e. The van der Waals surface area contributed by atoms with Gasteiger partial charge in [-0.3, -0.25) is 0 Å². The normalized spacial score (nSPS) is 10.7. The fourth-order valence-electron chi connectivity index (χ4n) is 1.84. The first kappa shape index (κ1) is 13.2. The molecule has 0 fully saturated rings. The van der Waals surface area contributed by atoms with Crippen LogP contribution in [-0.2, 0) is 5.88 Å². The van der Waals surface area contributed by atoms with E-state index in [1.165, 1.54) is 0 Å². The monoisotopic (exact) mass is 304 g/mol. The summed E-state index contributed by atoms with van der Waals surface area (Å²) in [5.74, 6) is 1.46. The molecule has 0 spiro atoms. The molecule has 1 heterocycles. The van der Waals surface area contributed by atoms with E-state index in [-0.39, 0.29) is 0 Å². The first-order valence-corrected chi connectivity index (χ1v) is 6.92. The number of benzene rings is 2. The molecule has 3 nitrogen and oxygen atoms in total. The molecule has 1 aromatic heterocycles. The van der Waals surface area contributed by atoms with E-state index in [9.17, 15) is 0 Å². The van der Waals surface area contributed by atoms with Gasteiger partial charge in [0.1, 0.15) is 0 Å². The molecule has 0 saturated heterocycles. The summed E-state index contributed by atoms with van der Waals surface area (Å²) in [4.78, 5) is 4.39. The Morgan fingerprint density at radius 1 is 1.00 bits per heavy atom. The van der Waals surface area contributed by atoms with E-state index in [1.807, 2.05) is 36.4 Å². The van der Waals surface area contributed by atoms with Crippen molar-refractivity contribution in [3.63, 3.8) is 0 Å². The van der Waals surface area contributed by atoms with Gasteiger partial charge in [0.25, 0.3) is 5.89 Å². The van der Waals surface area contributed by atoms with Crippen molar-refractivity contribution >= 4 is 23.2 Å². The lowest BCUT2D eigenvalue weighted by molar-refractivity contribution is 0.432. The molecule has 0 aliphatic rings. The predicted octanol–water partition coefficient (Wildman–Crippen LogP) is 4.80. The minimum Gasteiger partial charge on any atom is -0.334 e. The molecule has 0 bridgehead atoms. The largest absolute Gasteiger partial charge is 0.334 e. The summed E-state index contributed by atoms with van der Waals surface area (Å²) in [5.41, 5.74) is 2.73. The van der Waals surface area contributed by atoms with Gasteiger partial charge in [-0.1, -0.05) is 28.9 Å². The Morgan fingerprint density at radius 3 is 2.55 bits per heavy atom. The van der Waals surface area contributed by atoms with Crippen LogP contribution in [0.25, 0.3) is 22.8 Å². The second-order valence-corrected chi connectivity index (χ2v) is 4.97. The van der Waals surface area contributed by atoms with E-state index in [0.29, 0.717) is 22.6 Å². The molecule has 5 heteroatoms. The fraction of sp³-hybridized carbons (Fsp3) is 0.0667. The predicted molar refractivity (Wildman–Crippen MR) is 79.7 cm³/mol. The Morgan fingerprint density at radius 2 is 1.80 bits per heavy atom. The molecule has 100 valence electrons. The Bertz CT molecular complexity index is 723. The third-order valence-electron chi connectivity index (χ3n) is 2.86. The fourth-order valence-corrected chi connectivity index (χ4v) is 2.14. The highest BCUT2D eigenvalue weighted by Gasteiger charge is 2.10. The highest BCUT2D eigenvalue weighted by atomic mass is 35.5. The van der Waals surface area contributed by atoms with Crippen LogP contribution in [0.4, 0.5) is 0 Å². The maximum absolute atomic E-state index is 5.86. The van der Waals surface area contributed by atoms with E-state index in [0.717, 1.165) is 16.7 Å². The van der Waals surface area contributed by atoms with Crippen LogP contribution in [0.15, 0.2) is 53.1 Å². The average molecular weight is 305 g/mol. The van der Waals surface area contributed by atoms with Crippen LogP contribution in [0, 0.1) is 0 Å². The number of halogens is 2. The van der Waals surface area contributed by atoms with Crippen molar-refractivity contribution in [1.29, 1.82) is 0 Å². The maximum Gasteiger partial charge on any atom is 0.258 e. The summed E-state index contributed by atoms with van der Waals surface area (Å²) in [6.07, 6.45) is 0. The Labute approximate surface area is 126 Å². The number of hydrogen-bond acceptors (Lipinski definition) is 3. The number of hydrogen-bond donors (Lipinski definition) is 0. The zero-order chi connectivity index (χ0) is 13.9. The standard InChI is InChI=1S/C15H10Cl2N2O/c16-9-10-2-1-3-12(8-10)15-18-14(19-20-15)11-4-6-13(17)7-5-11/h1-8H,9H2. The molecular weight excluding hydrogens is 295 g/mol. The molecule has 3 rings (SSSR count). The van der Waals surface area contributed by atoms with Crippen molar-refractivity contribution in [2.45, 2.75) is 5.88 Å². The van der Waals surface area contributed by atoms with Crippen molar-refractivity contribution in [1.82, 2.24) is 10.1 Å². The van der Waals surface area contributed by atoms with E-state index in [2.05, 4.69) is 10.1 Å². The van der Waals surface area contributed by atoms with E-state index in [4.69, 9.17) is 27.7 Å². The number of aromatic nitrogens is 2. The van der Waals surface area contributed by atoms with Crippen molar-refractivity contribution in [2.75, 3.05) is 0 Å². The van der Waals surface area contributed by atoms with Gasteiger partial charge in [0, 0.05) is 22.0 Å². The van der Waals surface area contributed by atoms with Crippen LogP contribution in [0.5, 0.6) is 0 Å². The van der Waals surface area contributed by atoms with Crippen LogP contribution in [0.2, 0.25) is 5.02 Å². The Hall–Kier alpha value is -1.84. The first-order valence-electron chi connectivity index (χ1n) is 6.01. The number of nitrogens with zero attached hydrogens (tertiary/aromatic N) is 2. The second kappa shape index (κ2) is 5.65. The van der Waals surface area contributed by atoms with Gasteiger partial charge in [0.2, 0.25) is 5.82 Å². The molecular formula is C15H10Cl2N2O. The molecule has 20 heavy (non-hydrogen) atoms. The summed E-state index contributed by atoms with van der Waals surface area (Å²) in [6.45, 7) is 0. The summed E-state index contributed by atoms with van der Waals surface area (Å²) in [6, 6.07) is 15.0. The molecule has 0 aliphatic heterocycles. The topological polar surface area (TPSA) is 38.9 Å². The highest BCUT2D eigenvalue weighted by molar-refractivity contribution is 6.30. The van der Waals surface area contributed by atoms with Crippen LogP contribution < -0.4 is 0 Å². The Balaban J connectivity index is 1.95. The van der Waals surface area contributed by atoms with Crippen LogP contribution in [0.1, 0.15) is 5.56 Å². The lowest BCUT2D eigenvalue weighted by atomic mass is 10.1. The number of alkyl halides is 1. The van der Waals surface area contributed by atoms with Crippen LogP contribution >= 0.6 is 23.2 Å². The van der Waals surface area contributed by atoms with Gasteiger partial charge < -0.3 is 4.52 Å². The summed E-state index contributed by atoms with van der Waals surface area (Å²) < 4.78 is 5.30. The molecule has 0 unspecified atom stereocenters. The van der Waals surface area contributed by atoms with Gasteiger partial charge >= 0.3 is 0 Å².